The first kappa shape index (κ1) is 22.0. The van der Waals surface area contributed by atoms with Gasteiger partial charge in [-0.1, -0.05) is 0 Å². The third kappa shape index (κ3) is 5.75. The van der Waals surface area contributed by atoms with Crippen LogP contribution in [0.5, 0.6) is 0 Å². The summed E-state index contributed by atoms with van der Waals surface area (Å²) in [6.07, 6.45) is -4.44. The highest BCUT2D eigenvalue weighted by Crippen LogP contribution is 2.42. The molecule has 0 radical (unpaired) electrons. The quantitative estimate of drug-likeness (QED) is 0.658. The fraction of sp³-hybridized carbons (Fsp3) is 0.800. The summed E-state index contributed by atoms with van der Waals surface area (Å²) in [5.74, 6) is -2.98. The summed E-state index contributed by atoms with van der Waals surface area (Å²) in [6, 6.07) is 0. The molecule has 2 aliphatic rings. The van der Waals surface area contributed by atoms with Gasteiger partial charge in [0.1, 0.15) is 11.7 Å². The average Bonchev–Trinajstić information content (AvgIpc) is 3.02. The predicted octanol–water partition coefficient (Wildman–Crippen LogP) is 1.52. The molecule has 2 atom stereocenters. The number of rotatable bonds is 1. The maximum absolute atomic E-state index is 12.0. The topological polar surface area (TPSA) is 119 Å². The molecule has 11 heteroatoms. The molecule has 2 heterocycles. The number of carboxylic acid groups (broad SMARTS) is 1. The van der Waals surface area contributed by atoms with Crippen LogP contribution in [0.3, 0.4) is 0 Å². The molecule has 0 aromatic rings. The first-order valence-electron chi connectivity index (χ1n) is 7.89. The Hall–Kier alpha value is -2.04. The molecule has 0 aromatic heterocycles. The Labute approximate surface area is 148 Å². The zero-order chi connectivity index (χ0) is 20.3. The van der Waals surface area contributed by atoms with Crippen molar-refractivity contribution in [2.45, 2.75) is 51.5 Å². The summed E-state index contributed by atoms with van der Waals surface area (Å²) < 4.78 is 42.3. The molecule has 150 valence electrons. The van der Waals surface area contributed by atoms with E-state index in [0.717, 1.165) is 0 Å². The lowest BCUT2D eigenvalue weighted by molar-refractivity contribution is -0.192. The van der Waals surface area contributed by atoms with E-state index >= 15 is 0 Å². The van der Waals surface area contributed by atoms with E-state index in [4.69, 9.17) is 25.1 Å². The van der Waals surface area contributed by atoms with E-state index in [1.165, 1.54) is 0 Å². The highest BCUT2D eigenvalue weighted by molar-refractivity contribution is 5.81. The van der Waals surface area contributed by atoms with E-state index in [2.05, 4.69) is 0 Å². The number of carbonyl (C=O) groups is 3. The lowest BCUT2D eigenvalue weighted by atomic mass is 9.84. The SMILES string of the molecule is CC(C)(C)OC(=O)N1CCC2(CC(CN)OC2=O)C1.O=C(O)C(F)(F)F. The Morgan fingerprint density at radius 1 is 1.38 bits per heavy atom. The summed E-state index contributed by atoms with van der Waals surface area (Å²) in [6.45, 7) is 6.71. The Balaban J connectivity index is 0.000000412. The van der Waals surface area contributed by atoms with Crippen LogP contribution in [-0.2, 0) is 19.1 Å². The zero-order valence-corrected chi connectivity index (χ0v) is 14.8. The van der Waals surface area contributed by atoms with Crippen LogP contribution in [0.15, 0.2) is 0 Å². The van der Waals surface area contributed by atoms with Crippen molar-refractivity contribution in [2.24, 2.45) is 11.1 Å². The molecular weight excluding hydrogens is 361 g/mol. The van der Waals surface area contributed by atoms with E-state index < -0.39 is 23.2 Å². The number of cyclic esters (lactones) is 1. The maximum Gasteiger partial charge on any atom is 0.490 e. The molecule has 1 spiro atoms. The molecule has 26 heavy (non-hydrogen) atoms. The van der Waals surface area contributed by atoms with Gasteiger partial charge < -0.3 is 25.2 Å². The molecule has 0 saturated carbocycles. The number of hydrogen-bond acceptors (Lipinski definition) is 6. The van der Waals surface area contributed by atoms with Gasteiger partial charge in [0.25, 0.3) is 0 Å². The predicted molar refractivity (Wildman–Crippen MR) is 82.1 cm³/mol. The Morgan fingerprint density at radius 2 is 1.92 bits per heavy atom. The van der Waals surface area contributed by atoms with Crippen LogP contribution in [0.2, 0.25) is 0 Å². The van der Waals surface area contributed by atoms with Crippen molar-refractivity contribution in [3.8, 4) is 0 Å². The minimum Gasteiger partial charge on any atom is -0.475 e. The second-order valence-electron chi connectivity index (χ2n) is 7.20. The smallest absolute Gasteiger partial charge is 0.475 e. The molecule has 2 unspecified atom stereocenters. The first-order valence-corrected chi connectivity index (χ1v) is 7.89. The second kappa shape index (κ2) is 7.68. The summed E-state index contributed by atoms with van der Waals surface area (Å²) in [4.78, 5) is 34.4. The maximum atomic E-state index is 12.0. The number of nitrogens with zero attached hydrogens (tertiary/aromatic N) is 1. The Morgan fingerprint density at radius 3 is 2.31 bits per heavy atom. The standard InChI is InChI=1S/C13H22N2O4.C2HF3O2/c1-12(2,3)19-11(17)15-5-4-13(8-15)6-9(7-14)18-10(13)16;3-2(4,5)1(6)7/h9H,4-8,14H2,1-3H3;(H,6,7). The van der Waals surface area contributed by atoms with Gasteiger partial charge in [0, 0.05) is 26.1 Å². The van der Waals surface area contributed by atoms with Crippen LogP contribution in [0.4, 0.5) is 18.0 Å². The van der Waals surface area contributed by atoms with Gasteiger partial charge in [0.2, 0.25) is 0 Å². The number of alkyl halides is 3. The highest BCUT2D eigenvalue weighted by Gasteiger charge is 2.53. The normalized spacial score (nSPS) is 25.6. The van der Waals surface area contributed by atoms with Crippen LogP contribution >= 0.6 is 0 Å². The number of nitrogens with two attached hydrogens (primary N) is 1. The van der Waals surface area contributed by atoms with Gasteiger partial charge in [-0.25, -0.2) is 9.59 Å². The van der Waals surface area contributed by atoms with Crippen molar-refractivity contribution in [1.29, 1.82) is 0 Å². The van der Waals surface area contributed by atoms with E-state index in [1.54, 1.807) is 4.90 Å². The van der Waals surface area contributed by atoms with Crippen molar-refractivity contribution < 1.29 is 42.1 Å². The van der Waals surface area contributed by atoms with Crippen molar-refractivity contribution in [3.05, 3.63) is 0 Å². The van der Waals surface area contributed by atoms with Crippen LogP contribution in [0, 0.1) is 5.41 Å². The van der Waals surface area contributed by atoms with E-state index in [1.807, 2.05) is 20.8 Å². The Bertz CT molecular complexity index is 561. The fourth-order valence-corrected chi connectivity index (χ4v) is 2.66. The van der Waals surface area contributed by atoms with E-state index in [0.29, 0.717) is 32.5 Å². The summed E-state index contributed by atoms with van der Waals surface area (Å²) in [7, 11) is 0. The van der Waals surface area contributed by atoms with Crippen LogP contribution in [0.25, 0.3) is 0 Å². The third-order valence-corrected chi connectivity index (χ3v) is 3.84. The first-order chi connectivity index (χ1) is 11.7. The minimum absolute atomic E-state index is 0.217. The van der Waals surface area contributed by atoms with Gasteiger partial charge in [-0.15, -0.1) is 0 Å². The number of aliphatic carboxylic acids is 1. The molecule has 2 aliphatic heterocycles. The van der Waals surface area contributed by atoms with Crippen LogP contribution in [0.1, 0.15) is 33.6 Å². The molecule has 2 saturated heterocycles. The van der Waals surface area contributed by atoms with Gasteiger partial charge >= 0.3 is 24.2 Å². The summed E-state index contributed by atoms with van der Waals surface area (Å²) >= 11 is 0. The number of carbonyl (C=O) groups excluding carboxylic acids is 2. The van der Waals surface area contributed by atoms with Crippen LogP contribution in [-0.4, -0.2) is 65.6 Å². The molecule has 2 rings (SSSR count). The molecule has 2 fully saturated rings. The van der Waals surface area contributed by atoms with Crippen molar-refractivity contribution >= 4 is 18.0 Å². The lowest BCUT2D eigenvalue weighted by Gasteiger charge is -2.25. The number of carboxylic acids is 1. The number of likely N-dealkylation sites (tertiary alicyclic amines) is 1. The molecule has 8 nitrogen and oxygen atoms in total. The third-order valence-electron chi connectivity index (χ3n) is 3.84. The van der Waals surface area contributed by atoms with Gasteiger partial charge in [0.15, 0.2) is 0 Å². The number of hydrogen-bond donors (Lipinski definition) is 2. The largest absolute Gasteiger partial charge is 0.490 e. The van der Waals surface area contributed by atoms with Gasteiger partial charge in [-0.2, -0.15) is 13.2 Å². The molecule has 0 aromatic carbocycles. The molecule has 1 amide bonds. The fourth-order valence-electron chi connectivity index (χ4n) is 2.66. The monoisotopic (exact) mass is 384 g/mol. The average molecular weight is 384 g/mol. The van der Waals surface area contributed by atoms with Gasteiger partial charge in [0.05, 0.1) is 5.41 Å². The number of amides is 1. The van der Waals surface area contributed by atoms with Crippen molar-refractivity contribution in [1.82, 2.24) is 4.90 Å². The molecule has 3 N–H and O–H groups in total. The van der Waals surface area contributed by atoms with Gasteiger partial charge in [-0.05, 0) is 27.2 Å². The summed E-state index contributed by atoms with van der Waals surface area (Å²) in [5, 5.41) is 7.12. The van der Waals surface area contributed by atoms with E-state index in [9.17, 15) is 22.8 Å². The molecular formula is C15H23F3N2O6. The second-order valence-corrected chi connectivity index (χ2v) is 7.20. The molecule has 0 bridgehead atoms. The van der Waals surface area contributed by atoms with E-state index in [-0.39, 0.29) is 18.2 Å². The van der Waals surface area contributed by atoms with Crippen molar-refractivity contribution in [3.63, 3.8) is 0 Å². The van der Waals surface area contributed by atoms with Crippen LogP contribution < -0.4 is 5.73 Å². The summed E-state index contributed by atoms with van der Waals surface area (Å²) in [5.41, 5.74) is 4.45. The molecule has 0 aliphatic carbocycles. The zero-order valence-electron chi connectivity index (χ0n) is 14.8. The highest BCUT2D eigenvalue weighted by atomic mass is 19.4. The number of halogens is 3. The van der Waals surface area contributed by atoms with Gasteiger partial charge in [-0.3, -0.25) is 4.79 Å². The lowest BCUT2D eigenvalue weighted by Crippen LogP contribution is -2.38. The number of esters is 1. The number of ether oxygens (including phenoxy) is 2. The minimum atomic E-state index is -5.08. The Kier molecular flexibility index (Phi) is 6.50. The van der Waals surface area contributed by atoms with Crippen molar-refractivity contribution in [2.75, 3.05) is 19.6 Å².